The predicted molar refractivity (Wildman–Crippen MR) is 78.5 cm³/mol. The highest BCUT2D eigenvalue weighted by atomic mass is 32.1. The van der Waals surface area contributed by atoms with Crippen LogP contribution in [0.2, 0.25) is 0 Å². The van der Waals surface area contributed by atoms with Crippen LogP contribution in [-0.2, 0) is 4.79 Å². The molecule has 0 aliphatic carbocycles. The molecule has 110 valence electrons. The molecule has 0 atom stereocenters. The average Bonchev–Trinajstić information content (AvgIpc) is 2.94. The van der Waals surface area contributed by atoms with Gasteiger partial charge in [-0.3, -0.25) is 9.59 Å². The summed E-state index contributed by atoms with van der Waals surface area (Å²) in [5, 5.41) is 4.74. The van der Waals surface area contributed by atoms with Gasteiger partial charge in [0.25, 0.3) is 5.91 Å². The number of carbonyl (C=O) groups excluding carboxylic acids is 2. The molecule has 0 bridgehead atoms. The maximum atomic E-state index is 12.9. The Bertz CT molecular complexity index is 652. The molecule has 0 fully saturated rings. The number of amides is 2. The van der Waals surface area contributed by atoms with E-state index < -0.39 is 5.91 Å². The minimum Gasteiger partial charge on any atom is -0.347 e. The lowest BCUT2D eigenvalue weighted by molar-refractivity contribution is -0.127. The van der Waals surface area contributed by atoms with Crippen molar-refractivity contribution in [2.24, 2.45) is 0 Å². The van der Waals surface area contributed by atoms with Crippen LogP contribution in [0.4, 0.5) is 4.39 Å². The van der Waals surface area contributed by atoms with Gasteiger partial charge in [-0.25, -0.2) is 9.37 Å². The monoisotopic (exact) mass is 307 g/mol. The Morgan fingerprint density at radius 3 is 2.57 bits per heavy atom. The first-order valence-electron chi connectivity index (χ1n) is 6.17. The fourth-order valence-electron chi connectivity index (χ4n) is 1.51. The number of thiazole rings is 1. The van der Waals surface area contributed by atoms with Crippen LogP contribution in [0.1, 0.15) is 10.5 Å². The second-order valence-corrected chi connectivity index (χ2v) is 5.37. The zero-order valence-corrected chi connectivity index (χ0v) is 12.4. The van der Waals surface area contributed by atoms with Crippen molar-refractivity contribution in [2.75, 3.05) is 20.6 Å². The summed E-state index contributed by atoms with van der Waals surface area (Å²) in [5.41, 5.74) is 0.982. The fourth-order valence-corrected chi connectivity index (χ4v) is 2.31. The summed E-state index contributed by atoms with van der Waals surface area (Å²) < 4.78 is 12.9. The summed E-state index contributed by atoms with van der Waals surface area (Å²) in [4.78, 5) is 28.9. The molecule has 0 saturated heterocycles. The van der Waals surface area contributed by atoms with Gasteiger partial charge in [-0.15, -0.1) is 11.3 Å². The van der Waals surface area contributed by atoms with Crippen molar-refractivity contribution in [3.8, 4) is 10.6 Å². The lowest BCUT2D eigenvalue weighted by atomic mass is 10.2. The van der Waals surface area contributed by atoms with Crippen molar-refractivity contribution < 1.29 is 14.0 Å². The highest BCUT2D eigenvalue weighted by Gasteiger charge is 2.13. The Kier molecular flexibility index (Phi) is 4.64. The van der Waals surface area contributed by atoms with Gasteiger partial charge in [0.15, 0.2) is 0 Å². The third-order valence-electron chi connectivity index (χ3n) is 2.73. The van der Waals surface area contributed by atoms with Crippen LogP contribution < -0.4 is 5.32 Å². The largest absolute Gasteiger partial charge is 0.347 e. The first-order valence-corrected chi connectivity index (χ1v) is 7.05. The number of likely N-dealkylation sites (N-methyl/N-ethyl adjacent to an activating group) is 1. The summed E-state index contributed by atoms with van der Waals surface area (Å²) in [5.74, 6) is -0.928. The maximum absolute atomic E-state index is 12.9. The van der Waals surface area contributed by atoms with Crippen LogP contribution in [0.25, 0.3) is 10.6 Å². The van der Waals surface area contributed by atoms with Gasteiger partial charge in [0, 0.05) is 25.0 Å². The van der Waals surface area contributed by atoms with Crippen molar-refractivity contribution in [3.05, 3.63) is 41.2 Å². The number of aromatic nitrogens is 1. The van der Waals surface area contributed by atoms with E-state index in [1.165, 1.54) is 28.4 Å². The van der Waals surface area contributed by atoms with Crippen molar-refractivity contribution in [1.82, 2.24) is 15.2 Å². The first kappa shape index (κ1) is 15.1. The molecule has 0 aliphatic heterocycles. The molecule has 1 N–H and O–H groups in total. The normalized spacial score (nSPS) is 10.2. The van der Waals surface area contributed by atoms with Crippen LogP contribution in [0, 0.1) is 5.82 Å². The van der Waals surface area contributed by atoms with Crippen molar-refractivity contribution >= 4 is 23.2 Å². The standard InChI is InChI=1S/C14H14FN3O2S/c1-18(2)12(19)7-16-13(20)11-8-21-14(17-11)9-3-5-10(15)6-4-9/h3-6,8H,7H2,1-2H3,(H,16,20). The van der Waals surface area contributed by atoms with Gasteiger partial charge in [-0.1, -0.05) is 0 Å². The lowest BCUT2D eigenvalue weighted by Gasteiger charge is -2.10. The molecule has 0 radical (unpaired) electrons. The van der Waals surface area contributed by atoms with Crippen LogP contribution in [0.5, 0.6) is 0 Å². The molecule has 1 aromatic carbocycles. The summed E-state index contributed by atoms with van der Waals surface area (Å²) in [7, 11) is 3.23. The number of rotatable bonds is 4. The zero-order chi connectivity index (χ0) is 15.4. The molecule has 2 aromatic rings. The average molecular weight is 307 g/mol. The molecular weight excluding hydrogens is 293 g/mol. The Morgan fingerprint density at radius 1 is 1.29 bits per heavy atom. The molecule has 0 saturated carbocycles. The number of halogens is 1. The lowest BCUT2D eigenvalue weighted by Crippen LogP contribution is -2.36. The molecule has 0 spiro atoms. The molecular formula is C14H14FN3O2S. The second kappa shape index (κ2) is 6.45. The van der Waals surface area contributed by atoms with Gasteiger partial charge in [-0.2, -0.15) is 0 Å². The van der Waals surface area contributed by atoms with Crippen molar-refractivity contribution in [1.29, 1.82) is 0 Å². The van der Waals surface area contributed by atoms with E-state index in [0.717, 1.165) is 5.56 Å². The van der Waals surface area contributed by atoms with E-state index in [1.807, 2.05) is 0 Å². The fraction of sp³-hybridized carbons (Fsp3) is 0.214. The molecule has 2 rings (SSSR count). The van der Waals surface area contributed by atoms with Gasteiger partial charge < -0.3 is 10.2 Å². The number of nitrogens with one attached hydrogen (secondary N) is 1. The Morgan fingerprint density at radius 2 is 1.95 bits per heavy atom. The van der Waals surface area contributed by atoms with Gasteiger partial charge in [0.05, 0.1) is 6.54 Å². The van der Waals surface area contributed by atoms with Crippen LogP contribution in [0.15, 0.2) is 29.6 Å². The third-order valence-corrected chi connectivity index (χ3v) is 3.62. The second-order valence-electron chi connectivity index (χ2n) is 4.52. The summed E-state index contributed by atoms with van der Waals surface area (Å²) >= 11 is 1.29. The predicted octanol–water partition coefficient (Wildman–Crippen LogP) is 1.77. The minimum absolute atomic E-state index is 0.0742. The van der Waals surface area contributed by atoms with Crippen LogP contribution in [-0.4, -0.2) is 42.3 Å². The van der Waals surface area contributed by atoms with E-state index in [2.05, 4.69) is 10.3 Å². The number of hydrogen-bond acceptors (Lipinski definition) is 4. The highest BCUT2D eigenvalue weighted by Crippen LogP contribution is 2.23. The van der Waals surface area contributed by atoms with E-state index in [1.54, 1.807) is 31.6 Å². The molecule has 1 aromatic heterocycles. The van der Waals surface area contributed by atoms with E-state index >= 15 is 0 Å². The van der Waals surface area contributed by atoms with E-state index in [4.69, 9.17) is 0 Å². The molecule has 5 nitrogen and oxygen atoms in total. The van der Waals surface area contributed by atoms with E-state index in [0.29, 0.717) is 5.01 Å². The maximum Gasteiger partial charge on any atom is 0.271 e. The van der Waals surface area contributed by atoms with Crippen molar-refractivity contribution in [2.45, 2.75) is 0 Å². The Balaban J connectivity index is 2.04. The zero-order valence-electron chi connectivity index (χ0n) is 11.6. The molecule has 7 heteroatoms. The summed E-state index contributed by atoms with van der Waals surface area (Å²) in [6, 6.07) is 5.88. The quantitative estimate of drug-likeness (QED) is 0.936. The Hall–Kier alpha value is -2.28. The van der Waals surface area contributed by atoms with Gasteiger partial charge in [0.1, 0.15) is 16.5 Å². The number of nitrogens with zero attached hydrogens (tertiary/aromatic N) is 2. The third kappa shape index (κ3) is 3.85. The highest BCUT2D eigenvalue weighted by molar-refractivity contribution is 7.13. The molecule has 21 heavy (non-hydrogen) atoms. The van der Waals surface area contributed by atoms with Gasteiger partial charge in [-0.05, 0) is 24.3 Å². The molecule has 0 aliphatic rings. The summed E-state index contributed by atoms with van der Waals surface area (Å²) in [6.45, 7) is -0.0742. The molecule has 1 heterocycles. The van der Waals surface area contributed by atoms with Gasteiger partial charge >= 0.3 is 0 Å². The number of hydrogen-bond donors (Lipinski definition) is 1. The topological polar surface area (TPSA) is 62.3 Å². The molecule has 2 amide bonds. The van der Waals surface area contributed by atoms with Gasteiger partial charge in [0.2, 0.25) is 5.91 Å². The number of benzene rings is 1. The number of carbonyl (C=O) groups is 2. The SMILES string of the molecule is CN(C)C(=O)CNC(=O)c1csc(-c2ccc(F)cc2)n1. The smallest absolute Gasteiger partial charge is 0.271 e. The van der Waals surface area contributed by atoms with Crippen molar-refractivity contribution in [3.63, 3.8) is 0 Å². The first-order chi connectivity index (χ1) is 9.97. The summed E-state index contributed by atoms with van der Waals surface area (Å²) in [6.07, 6.45) is 0. The van der Waals surface area contributed by atoms with Crippen LogP contribution in [0.3, 0.4) is 0 Å². The Labute approximate surface area is 125 Å². The van der Waals surface area contributed by atoms with E-state index in [9.17, 15) is 14.0 Å². The van der Waals surface area contributed by atoms with E-state index in [-0.39, 0.29) is 24.0 Å². The molecule has 0 unspecified atom stereocenters. The van der Waals surface area contributed by atoms with Crippen LogP contribution >= 0.6 is 11.3 Å². The minimum atomic E-state index is -0.408.